The maximum Gasteiger partial charge on any atom is 0.255 e. The van der Waals surface area contributed by atoms with E-state index < -0.39 is 0 Å². The Kier molecular flexibility index (Phi) is 4.04. The lowest BCUT2D eigenvalue weighted by molar-refractivity contribution is -0.0124. The minimum absolute atomic E-state index is 0.119. The molecule has 0 unspecified atom stereocenters. The predicted octanol–water partition coefficient (Wildman–Crippen LogP) is 2.46. The van der Waals surface area contributed by atoms with Crippen molar-refractivity contribution in [3.63, 3.8) is 0 Å². The highest BCUT2D eigenvalue weighted by atomic mass is 127. The molecule has 1 atom stereocenters. The van der Waals surface area contributed by atoms with Crippen LogP contribution in [-0.4, -0.2) is 36.6 Å². The summed E-state index contributed by atoms with van der Waals surface area (Å²) >= 11 is 2.21. The zero-order chi connectivity index (χ0) is 12.4. The number of benzene rings is 1. The highest BCUT2D eigenvalue weighted by molar-refractivity contribution is 14.1. The number of carbonyl (C=O) groups excluding carboxylic acids is 1. The van der Waals surface area contributed by atoms with Gasteiger partial charge in [0, 0.05) is 16.7 Å². The molecule has 0 aliphatic carbocycles. The molecule has 1 amide bonds. The van der Waals surface area contributed by atoms with Gasteiger partial charge in [0.15, 0.2) is 0 Å². The van der Waals surface area contributed by atoms with Gasteiger partial charge in [0.1, 0.15) is 0 Å². The fourth-order valence-electron chi connectivity index (χ4n) is 1.98. The molecule has 0 radical (unpaired) electrons. The normalized spacial score (nSPS) is 20.4. The Balaban J connectivity index is 2.21. The molecule has 0 spiro atoms. The summed E-state index contributed by atoms with van der Waals surface area (Å²) in [6, 6.07) is 5.98. The Labute approximate surface area is 115 Å². The number of hydrogen-bond donors (Lipinski definition) is 0. The van der Waals surface area contributed by atoms with Crippen LogP contribution in [-0.2, 0) is 4.74 Å². The average Bonchev–Trinajstić information content (AvgIpc) is 2.31. The van der Waals surface area contributed by atoms with Gasteiger partial charge in [-0.25, -0.2) is 0 Å². The monoisotopic (exact) mass is 345 g/mol. The number of rotatable bonds is 1. The van der Waals surface area contributed by atoms with Gasteiger partial charge in [-0.1, -0.05) is 11.6 Å². The lowest BCUT2D eigenvalue weighted by Crippen LogP contribution is -2.44. The third-order valence-corrected chi connectivity index (χ3v) is 3.82. The second-order valence-corrected chi connectivity index (χ2v) is 5.58. The quantitative estimate of drug-likeness (QED) is 0.732. The fraction of sp³-hybridized carbons (Fsp3) is 0.462. The molecular weight excluding hydrogens is 329 g/mol. The van der Waals surface area contributed by atoms with Gasteiger partial charge < -0.3 is 9.64 Å². The van der Waals surface area contributed by atoms with Gasteiger partial charge >= 0.3 is 0 Å². The molecule has 1 aromatic carbocycles. The largest absolute Gasteiger partial charge is 0.375 e. The highest BCUT2D eigenvalue weighted by Gasteiger charge is 2.23. The molecule has 1 saturated heterocycles. The van der Waals surface area contributed by atoms with Crippen LogP contribution < -0.4 is 0 Å². The lowest BCUT2D eigenvalue weighted by atomic mass is 10.1. The van der Waals surface area contributed by atoms with E-state index in [1.54, 1.807) is 0 Å². The van der Waals surface area contributed by atoms with Crippen LogP contribution in [0, 0.1) is 10.5 Å². The summed E-state index contributed by atoms with van der Waals surface area (Å²) in [6.07, 6.45) is 0.134. The maximum absolute atomic E-state index is 12.4. The topological polar surface area (TPSA) is 29.5 Å². The Morgan fingerprint density at radius 2 is 2.29 bits per heavy atom. The van der Waals surface area contributed by atoms with Crippen LogP contribution in [0.1, 0.15) is 22.8 Å². The van der Waals surface area contributed by atoms with E-state index in [0.717, 1.165) is 14.7 Å². The number of ether oxygens (including phenoxy) is 1. The molecule has 2 rings (SSSR count). The smallest absolute Gasteiger partial charge is 0.255 e. The summed E-state index contributed by atoms with van der Waals surface area (Å²) in [5.41, 5.74) is 1.93. The van der Waals surface area contributed by atoms with Crippen molar-refractivity contribution in [3.05, 3.63) is 32.9 Å². The van der Waals surface area contributed by atoms with Crippen molar-refractivity contribution in [2.75, 3.05) is 19.7 Å². The predicted molar refractivity (Wildman–Crippen MR) is 75.2 cm³/mol. The Hall–Kier alpha value is -0.620. The van der Waals surface area contributed by atoms with Crippen LogP contribution in [0.3, 0.4) is 0 Å². The van der Waals surface area contributed by atoms with Crippen molar-refractivity contribution in [3.8, 4) is 0 Å². The number of aryl methyl sites for hydroxylation is 1. The molecule has 3 nitrogen and oxygen atoms in total. The van der Waals surface area contributed by atoms with Crippen molar-refractivity contribution in [2.24, 2.45) is 0 Å². The second-order valence-electron chi connectivity index (χ2n) is 4.42. The van der Waals surface area contributed by atoms with Crippen LogP contribution in [0.2, 0.25) is 0 Å². The number of amides is 1. The zero-order valence-electron chi connectivity index (χ0n) is 10.1. The van der Waals surface area contributed by atoms with E-state index in [0.29, 0.717) is 19.7 Å². The number of morpholine rings is 1. The molecule has 92 valence electrons. The number of hydrogen-bond acceptors (Lipinski definition) is 2. The summed E-state index contributed by atoms with van der Waals surface area (Å²) in [5, 5.41) is 0. The standard InChI is InChI=1S/C13H16INO2/c1-9-3-4-12(14)11(7-9)13(16)15-5-6-17-10(2)8-15/h3-4,7,10H,5-6,8H2,1-2H3/t10-/m1/s1. The SMILES string of the molecule is Cc1ccc(I)c(C(=O)N2CCO[C@H](C)C2)c1. The molecule has 1 heterocycles. The van der Waals surface area contributed by atoms with E-state index >= 15 is 0 Å². The molecule has 1 aliphatic heterocycles. The molecule has 1 fully saturated rings. The van der Waals surface area contributed by atoms with E-state index in [4.69, 9.17) is 4.74 Å². The second kappa shape index (κ2) is 5.35. The lowest BCUT2D eigenvalue weighted by Gasteiger charge is -2.31. The molecule has 0 saturated carbocycles. The van der Waals surface area contributed by atoms with Gasteiger partial charge in [0.2, 0.25) is 0 Å². The summed E-state index contributed by atoms with van der Waals surface area (Å²) < 4.78 is 6.46. The van der Waals surface area contributed by atoms with Gasteiger partial charge in [-0.3, -0.25) is 4.79 Å². The van der Waals surface area contributed by atoms with E-state index in [-0.39, 0.29) is 12.0 Å². The van der Waals surface area contributed by atoms with Crippen molar-refractivity contribution in [1.82, 2.24) is 4.90 Å². The minimum atomic E-state index is 0.119. The first-order valence-corrected chi connectivity index (χ1v) is 6.83. The summed E-state index contributed by atoms with van der Waals surface area (Å²) in [4.78, 5) is 14.3. The third kappa shape index (κ3) is 2.98. The molecule has 4 heteroatoms. The van der Waals surface area contributed by atoms with Crippen LogP contribution in [0.5, 0.6) is 0 Å². The Bertz CT molecular complexity index is 433. The van der Waals surface area contributed by atoms with Gasteiger partial charge in [0.25, 0.3) is 5.91 Å². The average molecular weight is 345 g/mol. The molecule has 0 aromatic heterocycles. The zero-order valence-corrected chi connectivity index (χ0v) is 12.2. The fourth-order valence-corrected chi connectivity index (χ4v) is 2.54. The van der Waals surface area contributed by atoms with Crippen LogP contribution >= 0.6 is 22.6 Å². The summed E-state index contributed by atoms with van der Waals surface area (Å²) in [5.74, 6) is 0.119. The van der Waals surface area contributed by atoms with E-state index in [2.05, 4.69) is 22.6 Å². The van der Waals surface area contributed by atoms with Gasteiger partial charge in [-0.05, 0) is 48.6 Å². The molecule has 0 N–H and O–H groups in total. The maximum atomic E-state index is 12.4. The van der Waals surface area contributed by atoms with Gasteiger partial charge in [0.05, 0.1) is 18.3 Å². The van der Waals surface area contributed by atoms with Gasteiger partial charge in [-0.2, -0.15) is 0 Å². The van der Waals surface area contributed by atoms with Crippen molar-refractivity contribution < 1.29 is 9.53 Å². The van der Waals surface area contributed by atoms with Crippen molar-refractivity contribution >= 4 is 28.5 Å². The van der Waals surface area contributed by atoms with Crippen LogP contribution in [0.4, 0.5) is 0 Å². The first-order valence-electron chi connectivity index (χ1n) is 5.75. The molecule has 1 aromatic rings. The highest BCUT2D eigenvalue weighted by Crippen LogP contribution is 2.18. The minimum Gasteiger partial charge on any atom is -0.375 e. The first kappa shape index (κ1) is 12.8. The molecule has 1 aliphatic rings. The number of nitrogens with zero attached hydrogens (tertiary/aromatic N) is 1. The number of halogens is 1. The molecule has 17 heavy (non-hydrogen) atoms. The third-order valence-electron chi connectivity index (χ3n) is 2.88. The number of carbonyl (C=O) groups is 1. The van der Waals surface area contributed by atoms with Crippen molar-refractivity contribution in [2.45, 2.75) is 20.0 Å². The van der Waals surface area contributed by atoms with E-state index in [1.165, 1.54) is 0 Å². The van der Waals surface area contributed by atoms with E-state index in [9.17, 15) is 4.79 Å². The Morgan fingerprint density at radius 1 is 1.53 bits per heavy atom. The first-order chi connectivity index (χ1) is 8.08. The Morgan fingerprint density at radius 3 is 3.00 bits per heavy atom. The van der Waals surface area contributed by atoms with Crippen LogP contribution in [0.15, 0.2) is 18.2 Å². The summed E-state index contributed by atoms with van der Waals surface area (Å²) in [6.45, 7) is 6.01. The van der Waals surface area contributed by atoms with E-state index in [1.807, 2.05) is 36.9 Å². The molecule has 0 bridgehead atoms. The van der Waals surface area contributed by atoms with Crippen LogP contribution in [0.25, 0.3) is 0 Å². The van der Waals surface area contributed by atoms with Gasteiger partial charge in [-0.15, -0.1) is 0 Å². The molecular formula is C13H16INO2. The summed E-state index contributed by atoms with van der Waals surface area (Å²) in [7, 11) is 0. The van der Waals surface area contributed by atoms with Crippen molar-refractivity contribution in [1.29, 1.82) is 0 Å².